The van der Waals surface area contributed by atoms with Crippen LogP contribution in [0.25, 0.3) is 0 Å². The van der Waals surface area contributed by atoms with E-state index in [4.69, 9.17) is 0 Å². The van der Waals surface area contributed by atoms with Crippen LogP contribution in [0.1, 0.15) is 38.3 Å². The van der Waals surface area contributed by atoms with Crippen LogP contribution in [-0.2, 0) is 0 Å². The van der Waals surface area contributed by atoms with E-state index in [1.54, 1.807) is 0 Å². The van der Waals surface area contributed by atoms with Gasteiger partial charge in [-0.15, -0.1) is 0 Å². The third-order valence-corrected chi connectivity index (χ3v) is 3.31. The molecule has 0 amide bonds. The van der Waals surface area contributed by atoms with Crippen molar-refractivity contribution in [2.45, 2.75) is 32.7 Å². The number of rotatable bonds is 3. The standard InChI is InChI=1S/C14H21N/c1-12(2)14(15-10-6-7-11-15)13-8-4-3-5-9-13/h3-5,8-9,12,14H,6-7,10-11H2,1-2H3. The molecule has 1 unspecified atom stereocenters. The summed E-state index contributed by atoms with van der Waals surface area (Å²) in [6, 6.07) is 11.6. The summed E-state index contributed by atoms with van der Waals surface area (Å²) >= 11 is 0. The summed E-state index contributed by atoms with van der Waals surface area (Å²) in [5, 5.41) is 0. The van der Waals surface area contributed by atoms with E-state index < -0.39 is 0 Å². The van der Waals surface area contributed by atoms with Gasteiger partial charge in [0.25, 0.3) is 0 Å². The Morgan fingerprint density at radius 3 is 2.13 bits per heavy atom. The van der Waals surface area contributed by atoms with E-state index in [0.717, 1.165) is 0 Å². The lowest BCUT2D eigenvalue weighted by Gasteiger charge is -2.31. The predicted molar refractivity (Wildman–Crippen MR) is 64.8 cm³/mol. The minimum atomic E-state index is 0.619. The molecule has 0 aromatic heterocycles. The van der Waals surface area contributed by atoms with Gasteiger partial charge in [-0.2, -0.15) is 0 Å². The van der Waals surface area contributed by atoms with E-state index in [0.29, 0.717) is 12.0 Å². The van der Waals surface area contributed by atoms with Crippen molar-refractivity contribution in [3.63, 3.8) is 0 Å². The zero-order valence-corrected chi connectivity index (χ0v) is 9.82. The monoisotopic (exact) mass is 203 g/mol. The fourth-order valence-corrected chi connectivity index (χ4v) is 2.69. The van der Waals surface area contributed by atoms with Crippen molar-refractivity contribution in [1.29, 1.82) is 0 Å². The van der Waals surface area contributed by atoms with Crippen LogP contribution in [0.4, 0.5) is 0 Å². The zero-order chi connectivity index (χ0) is 10.7. The lowest BCUT2D eigenvalue weighted by atomic mass is 9.95. The molecule has 1 fully saturated rings. The van der Waals surface area contributed by atoms with Gasteiger partial charge in [-0.05, 0) is 37.4 Å². The maximum absolute atomic E-state index is 2.64. The van der Waals surface area contributed by atoms with Crippen LogP contribution < -0.4 is 0 Å². The Labute approximate surface area is 93.1 Å². The number of benzene rings is 1. The summed E-state index contributed by atoms with van der Waals surface area (Å²) in [4.78, 5) is 2.64. The van der Waals surface area contributed by atoms with Gasteiger partial charge in [-0.3, -0.25) is 4.90 Å². The van der Waals surface area contributed by atoms with Crippen LogP contribution in [0.2, 0.25) is 0 Å². The highest BCUT2D eigenvalue weighted by atomic mass is 15.2. The highest BCUT2D eigenvalue weighted by Crippen LogP contribution is 2.31. The molecule has 0 spiro atoms. The van der Waals surface area contributed by atoms with Crippen molar-refractivity contribution in [3.05, 3.63) is 35.9 Å². The van der Waals surface area contributed by atoms with Crippen molar-refractivity contribution < 1.29 is 0 Å². The molecule has 82 valence electrons. The molecule has 1 aliphatic heterocycles. The molecular weight excluding hydrogens is 182 g/mol. The second-order valence-corrected chi connectivity index (χ2v) is 4.84. The van der Waals surface area contributed by atoms with E-state index in [1.165, 1.54) is 31.5 Å². The fourth-order valence-electron chi connectivity index (χ4n) is 2.69. The Bertz CT molecular complexity index is 285. The van der Waals surface area contributed by atoms with Gasteiger partial charge in [0.15, 0.2) is 0 Å². The van der Waals surface area contributed by atoms with Crippen molar-refractivity contribution in [1.82, 2.24) is 4.90 Å². The summed E-state index contributed by atoms with van der Waals surface area (Å²) < 4.78 is 0. The minimum Gasteiger partial charge on any atom is -0.296 e. The van der Waals surface area contributed by atoms with E-state index in [-0.39, 0.29) is 0 Å². The van der Waals surface area contributed by atoms with Gasteiger partial charge in [0.1, 0.15) is 0 Å². The Balaban J connectivity index is 2.19. The first kappa shape index (κ1) is 10.7. The van der Waals surface area contributed by atoms with Crippen LogP contribution >= 0.6 is 0 Å². The Kier molecular flexibility index (Phi) is 3.42. The summed E-state index contributed by atoms with van der Waals surface area (Å²) in [6.07, 6.45) is 2.74. The van der Waals surface area contributed by atoms with E-state index in [2.05, 4.69) is 49.1 Å². The molecule has 1 heteroatoms. The Morgan fingerprint density at radius 1 is 1.00 bits per heavy atom. The van der Waals surface area contributed by atoms with Crippen molar-refractivity contribution in [2.24, 2.45) is 5.92 Å². The molecule has 15 heavy (non-hydrogen) atoms. The second-order valence-electron chi connectivity index (χ2n) is 4.84. The first-order valence-electron chi connectivity index (χ1n) is 6.08. The van der Waals surface area contributed by atoms with Crippen LogP contribution in [0.3, 0.4) is 0 Å². The van der Waals surface area contributed by atoms with Gasteiger partial charge in [0.05, 0.1) is 0 Å². The van der Waals surface area contributed by atoms with Crippen molar-refractivity contribution in [3.8, 4) is 0 Å². The molecule has 2 rings (SSSR count). The Morgan fingerprint density at radius 2 is 1.60 bits per heavy atom. The maximum Gasteiger partial charge on any atom is 0.0371 e. The quantitative estimate of drug-likeness (QED) is 0.727. The normalized spacial score (nSPS) is 19.7. The van der Waals surface area contributed by atoms with Gasteiger partial charge in [-0.25, -0.2) is 0 Å². The molecule has 1 atom stereocenters. The summed E-state index contributed by atoms with van der Waals surface area (Å²) in [7, 11) is 0. The summed E-state index contributed by atoms with van der Waals surface area (Å²) in [5.41, 5.74) is 1.48. The lowest BCUT2D eigenvalue weighted by molar-refractivity contribution is 0.193. The maximum atomic E-state index is 2.64. The fraction of sp³-hybridized carbons (Fsp3) is 0.571. The summed E-state index contributed by atoms with van der Waals surface area (Å²) in [6.45, 7) is 7.21. The average molecular weight is 203 g/mol. The number of hydrogen-bond acceptors (Lipinski definition) is 1. The van der Waals surface area contributed by atoms with E-state index in [9.17, 15) is 0 Å². The first-order valence-corrected chi connectivity index (χ1v) is 6.08. The molecule has 0 N–H and O–H groups in total. The van der Waals surface area contributed by atoms with Gasteiger partial charge in [0.2, 0.25) is 0 Å². The predicted octanol–water partition coefficient (Wildman–Crippen LogP) is 3.48. The average Bonchev–Trinajstić information content (AvgIpc) is 2.72. The lowest BCUT2D eigenvalue weighted by Crippen LogP contribution is -2.29. The van der Waals surface area contributed by atoms with Crippen LogP contribution in [0.5, 0.6) is 0 Å². The highest BCUT2D eigenvalue weighted by Gasteiger charge is 2.25. The second kappa shape index (κ2) is 4.80. The molecular formula is C14H21N. The van der Waals surface area contributed by atoms with Gasteiger partial charge in [-0.1, -0.05) is 44.2 Å². The number of hydrogen-bond donors (Lipinski definition) is 0. The molecule has 1 aromatic rings. The summed E-state index contributed by atoms with van der Waals surface area (Å²) in [5.74, 6) is 0.700. The first-order chi connectivity index (χ1) is 7.29. The minimum absolute atomic E-state index is 0.619. The zero-order valence-electron chi connectivity index (χ0n) is 9.82. The van der Waals surface area contributed by atoms with Crippen LogP contribution in [0.15, 0.2) is 30.3 Å². The molecule has 1 nitrogen and oxygen atoms in total. The molecule has 0 aliphatic carbocycles. The van der Waals surface area contributed by atoms with Crippen LogP contribution in [0, 0.1) is 5.92 Å². The van der Waals surface area contributed by atoms with Crippen LogP contribution in [-0.4, -0.2) is 18.0 Å². The molecule has 0 radical (unpaired) electrons. The van der Waals surface area contributed by atoms with Gasteiger partial charge < -0.3 is 0 Å². The molecule has 1 saturated heterocycles. The SMILES string of the molecule is CC(C)C(c1ccccc1)N1CCCC1. The van der Waals surface area contributed by atoms with E-state index in [1.807, 2.05) is 0 Å². The van der Waals surface area contributed by atoms with Gasteiger partial charge >= 0.3 is 0 Å². The van der Waals surface area contributed by atoms with Crippen molar-refractivity contribution >= 4 is 0 Å². The number of nitrogens with zero attached hydrogens (tertiary/aromatic N) is 1. The molecule has 1 aliphatic rings. The highest BCUT2D eigenvalue weighted by molar-refractivity contribution is 5.19. The Hall–Kier alpha value is -0.820. The molecule has 0 bridgehead atoms. The third-order valence-electron chi connectivity index (χ3n) is 3.31. The van der Waals surface area contributed by atoms with Crippen molar-refractivity contribution in [2.75, 3.05) is 13.1 Å². The third kappa shape index (κ3) is 2.40. The molecule has 1 heterocycles. The van der Waals surface area contributed by atoms with Gasteiger partial charge in [0, 0.05) is 6.04 Å². The smallest absolute Gasteiger partial charge is 0.0371 e. The largest absolute Gasteiger partial charge is 0.296 e. The molecule has 1 aromatic carbocycles. The number of likely N-dealkylation sites (tertiary alicyclic amines) is 1. The topological polar surface area (TPSA) is 3.24 Å². The molecule has 0 saturated carbocycles. The van der Waals surface area contributed by atoms with E-state index >= 15 is 0 Å².